The van der Waals surface area contributed by atoms with Crippen LogP contribution in [-0.2, 0) is 16.0 Å². The van der Waals surface area contributed by atoms with Crippen molar-refractivity contribution in [2.75, 3.05) is 32.7 Å². The molecule has 1 amide bonds. The number of piperidine rings is 1. The molecule has 1 atom stereocenters. The third-order valence-electron chi connectivity index (χ3n) is 5.19. The predicted octanol–water partition coefficient (Wildman–Crippen LogP) is 3.54. The number of Topliss-reactive ketones (excluding diaryl/α,β-unsaturated/α-hetero) is 1. The van der Waals surface area contributed by atoms with Crippen molar-refractivity contribution in [1.29, 1.82) is 0 Å². The monoisotopic (exact) mass is 376 g/mol. The number of benzene rings is 1. The highest BCUT2D eigenvalue weighted by Gasteiger charge is 2.26. The Balaban J connectivity index is 1.85. The van der Waals surface area contributed by atoms with Gasteiger partial charge >= 0.3 is 0 Å². The fourth-order valence-corrected chi connectivity index (χ4v) is 3.78. The Kier molecular flexibility index (Phi) is 8.42. The average Bonchev–Trinajstić information content (AvgIpc) is 2.64. The molecule has 1 aliphatic rings. The van der Waals surface area contributed by atoms with Crippen molar-refractivity contribution in [1.82, 2.24) is 9.80 Å². The van der Waals surface area contributed by atoms with Crippen LogP contribution in [0.25, 0.3) is 0 Å². The molecular weight excluding hydrogens is 343 g/mol. The van der Waals surface area contributed by atoms with Crippen LogP contribution in [0.4, 0.5) is 4.39 Å². The number of hydrogen-bond donors (Lipinski definition) is 0. The van der Waals surface area contributed by atoms with E-state index < -0.39 is 0 Å². The fraction of sp³-hybridized carbons (Fsp3) is 0.636. The van der Waals surface area contributed by atoms with Crippen LogP contribution in [-0.4, -0.2) is 54.2 Å². The molecule has 1 aromatic carbocycles. The van der Waals surface area contributed by atoms with Crippen LogP contribution in [0.2, 0.25) is 0 Å². The molecule has 0 bridgehead atoms. The van der Waals surface area contributed by atoms with Crippen LogP contribution >= 0.6 is 0 Å². The number of amides is 1. The molecule has 2 rings (SSSR count). The number of carbonyl (C=O) groups is 2. The molecule has 150 valence electrons. The van der Waals surface area contributed by atoms with Gasteiger partial charge in [-0.2, -0.15) is 0 Å². The van der Waals surface area contributed by atoms with Gasteiger partial charge in [0, 0.05) is 32.6 Å². The lowest BCUT2D eigenvalue weighted by molar-refractivity contribution is -0.145. The van der Waals surface area contributed by atoms with E-state index in [9.17, 15) is 14.0 Å². The molecule has 1 fully saturated rings. The standard InChI is InChI=1S/C22H33FN2O2/c1-4-25(22(27)21(26)13-17(2)3)16-19-8-6-11-24(15-19)12-10-18-7-5-9-20(23)14-18/h5,7,9,14,17,19H,4,6,8,10-13,15-16H2,1-3H3/t19-/m0/s1. The number of ketones is 1. The lowest BCUT2D eigenvalue weighted by Crippen LogP contribution is -2.45. The maximum Gasteiger partial charge on any atom is 0.289 e. The smallest absolute Gasteiger partial charge is 0.289 e. The summed E-state index contributed by atoms with van der Waals surface area (Å²) in [5.74, 6) is -0.198. The van der Waals surface area contributed by atoms with Crippen molar-refractivity contribution in [3.05, 3.63) is 35.6 Å². The number of halogens is 1. The largest absolute Gasteiger partial charge is 0.336 e. The third kappa shape index (κ3) is 7.06. The minimum Gasteiger partial charge on any atom is -0.336 e. The molecule has 0 N–H and O–H groups in total. The van der Waals surface area contributed by atoms with Crippen LogP contribution in [0.15, 0.2) is 24.3 Å². The zero-order valence-corrected chi connectivity index (χ0v) is 16.9. The summed E-state index contributed by atoms with van der Waals surface area (Å²) < 4.78 is 13.3. The van der Waals surface area contributed by atoms with Gasteiger partial charge in [0.15, 0.2) is 0 Å². The number of nitrogens with zero attached hydrogens (tertiary/aromatic N) is 2. The number of likely N-dealkylation sites (tertiary alicyclic amines) is 1. The summed E-state index contributed by atoms with van der Waals surface area (Å²) in [5.41, 5.74) is 1.02. The first-order valence-corrected chi connectivity index (χ1v) is 10.2. The molecule has 1 heterocycles. The van der Waals surface area contributed by atoms with Gasteiger partial charge in [0.25, 0.3) is 5.91 Å². The minimum atomic E-state index is -0.330. The molecule has 1 aromatic rings. The summed E-state index contributed by atoms with van der Waals surface area (Å²) in [6.07, 6.45) is 3.33. The van der Waals surface area contributed by atoms with Gasteiger partial charge in [-0.25, -0.2) is 4.39 Å². The maximum absolute atomic E-state index is 13.3. The van der Waals surface area contributed by atoms with Gasteiger partial charge < -0.3 is 9.80 Å². The number of rotatable bonds is 9. The highest BCUT2D eigenvalue weighted by molar-refractivity contribution is 6.36. The summed E-state index contributed by atoms with van der Waals surface area (Å²) in [7, 11) is 0. The van der Waals surface area contributed by atoms with E-state index in [1.807, 2.05) is 26.8 Å². The van der Waals surface area contributed by atoms with E-state index in [0.29, 0.717) is 25.4 Å². The Morgan fingerprint density at radius 2 is 2.11 bits per heavy atom. The highest BCUT2D eigenvalue weighted by Crippen LogP contribution is 2.19. The summed E-state index contributed by atoms with van der Waals surface area (Å²) in [4.78, 5) is 28.7. The van der Waals surface area contributed by atoms with Gasteiger partial charge in [0.05, 0.1) is 0 Å². The van der Waals surface area contributed by atoms with Crippen LogP contribution in [0.1, 0.15) is 45.6 Å². The van der Waals surface area contributed by atoms with E-state index in [4.69, 9.17) is 0 Å². The van der Waals surface area contributed by atoms with Gasteiger partial charge in [-0.05, 0) is 62.3 Å². The molecule has 4 nitrogen and oxygen atoms in total. The zero-order chi connectivity index (χ0) is 19.8. The van der Waals surface area contributed by atoms with Gasteiger partial charge in [-0.3, -0.25) is 9.59 Å². The van der Waals surface area contributed by atoms with E-state index in [1.54, 1.807) is 17.0 Å². The molecule has 27 heavy (non-hydrogen) atoms. The SMILES string of the molecule is CCN(C[C@H]1CCCN(CCc2cccc(F)c2)C1)C(=O)C(=O)CC(C)C. The maximum atomic E-state index is 13.3. The van der Waals surface area contributed by atoms with Crippen LogP contribution in [0.5, 0.6) is 0 Å². The second kappa shape index (κ2) is 10.5. The molecule has 1 aliphatic heterocycles. The second-order valence-corrected chi connectivity index (χ2v) is 8.05. The number of hydrogen-bond acceptors (Lipinski definition) is 3. The Morgan fingerprint density at radius 1 is 1.33 bits per heavy atom. The number of likely N-dealkylation sites (N-methyl/N-ethyl adjacent to an activating group) is 1. The van der Waals surface area contributed by atoms with E-state index in [1.165, 1.54) is 6.07 Å². The molecule has 5 heteroatoms. The fourth-order valence-electron chi connectivity index (χ4n) is 3.78. The Bertz CT molecular complexity index is 632. The summed E-state index contributed by atoms with van der Waals surface area (Å²) in [6.45, 7) is 9.93. The molecule has 0 aromatic heterocycles. The van der Waals surface area contributed by atoms with Crippen molar-refractivity contribution in [3.63, 3.8) is 0 Å². The third-order valence-corrected chi connectivity index (χ3v) is 5.19. The average molecular weight is 377 g/mol. The highest BCUT2D eigenvalue weighted by atomic mass is 19.1. The van der Waals surface area contributed by atoms with Crippen molar-refractivity contribution < 1.29 is 14.0 Å². The summed E-state index contributed by atoms with van der Waals surface area (Å²) in [5, 5.41) is 0. The van der Waals surface area contributed by atoms with Crippen molar-refractivity contribution in [2.24, 2.45) is 11.8 Å². The number of carbonyl (C=O) groups excluding carboxylic acids is 2. The lowest BCUT2D eigenvalue weighted by Gasteiger charge is -2.35. The topological polar surface area (TPSA) is 40.6 Å². The molecule has 0 radical (unpaired) electrons. The first-order valence-electron chi connectivity index (χ1n) is 10.2. The van der Waals surface area contributed by atoms with E-state index in [0.717, 1.165) is 44.5 Å². The first-order chi connectivity index (χ1) is 12.9. The predicted molar refractivity (Wildman–Crippen MR) is 106 cm³/mol. The zero-order valence-electron chi connectivity index (χ0n) is 16.9. The Morgan fingerprint density at radius 3 is 2.78 bits per heavy atom. The quantitative estimate of drug-likeness (QED) is 0.619. The van der Waals surface area contributed by atoms with Gasteiger partial charge in [-0.15, -0.1) is 0 Å². The first kappa shape index (κ1) is 21.5. The van der Waals surface area contributed by atoms with E-state index in [-0.39, 0.29) is 23.4 Å². The van der Waals surface area contributed by atoms with Crippen molar-refractivity contribution in [3.8, 4) is 0 Å². The van der Waals surface area contributed by atoms with E-state index >= 15 is 0 Å². The van der Waals surface area contributed by atoms with Gasteiger partial charge in [-0.1, -0.05) is 26.0 Å². The molecule has 0 aliphatic carbocycles. The Labute approximate surface area is 162 Å². The second-order valence-electron chi connectivity index (χ2n) is 8.05. The Hall–Kier alpha value is -1.75. The molecular formula is C22H33FN2O2. The summed E-state index contributed by atoms with van der Waals surface area (Å²) >= 11 is 0. The summed E-state index contributed by atoms with van der Waals surface area (Å²) in [6, 6.07) is 6.78. The van der Waals surface area contributed by atoms with Crippen LogP contribution in [0.3, 0.4) is 0 Å². The molecule has 1 saturated heterocycles. The normalized spacial score (nSPS) is 17.9. The van der Waals surface area contributed by atoms with Gasteiger partial charge in [0.2, 0.25) is 5.78 Å². The van der Waals surface area contributed by atoms with Gasteiger partial charge in [0.1, 0.15) is 5.82 Å². The van der Waals surface area contributed by atoms with Crippen LogP contribution < -0.4 is 0 Å². The molecule has 0 spiro atoms. The lowest BCUT2D eigenvalue weighted by atomic mass is 9.96. The minimum absolute atomic E-state index is 0.188. The molecule has 0 saturated carbocycles. The van der Waals surface area contributed by atoms with E-state index in [2.05, 4.69) is 4.90 Å². The van der Waals surface area contributed by atoms with Crippen molar-refractivity contribution >= 4 is 11.7 Å². The van der Waals surface area contributed by atoms with Crippen LogP contribution in [0, 0.1) is 17.7 Å². The molecule has 0 unspecified atom stereocenters. The van der Waals surface area contributed by atoms with Crippen molar-refractivity contribution in [2.45, 2.75) is 46.5 Å².